The molecule has 0 saturated heterocycles. The summed E-state index contributed by atoms with van der Waals surface area (Å²) < 4.78 is 13.7. The second-order valence-electron chi connectivity index (χ2n) is 3.59. The molecule has 0 amide bonds. The molecule has 0 spiro atoms. The molecule has 1 rings (SSSR count). The van der Waals surface area contributed by atoms with Crippen molar-refractivity contribution in [1.29, 1.82) is 0 Å². The summed E-state index contributed by atoms with van der Waals surface area (Å²) in [6, 6.07) is 0. The van der Waals surface area contributed by atoms with Gasteiger partial charge in [-0.3, -0.25) is 14.5 Å². The molecule has 0 radical (unpaired) electrons. The number of esters is 2. The number of aromatic nitrogens is 2. The lowest BCUT2D eigenvalue weighted by Crippen LogP contribution is -2.35. The number of carbonyl (C=O) groups excluding carboxylic acids is 2. The van der Waals surface area contributed by atoms with E-state index in [-0.39, 0.29) is 19.6 Å². The monoisotopic (exact) mass is 257 g/mol. The van der Waals surface area contributed by atoms with Crippen LogP contribution in [0.1, 0.15) is 11.4 Å². The predicted molar refractivity (Wildman–Crippen MR) is 58.3 cm³/mol. The van der Waals surface area contributed by atoms with Crippen molar-refractivity contribution in [1.82, 2.24) is 15.2 Å². The molecule has 8 heteroatoms. The standard InChI is InChI=1S/C10H15N3O5/c1-7-8(12-18-11-7)4-13(5-9(14)16-2)6-10(15)17-3/h4-6H2,1-3H3. The van der Waals surface area contributed by atoms with E-state index in [1.807, 2.05) is 0 Å². The fourth-order valence-electron chi connectivity index (χ4n) is 1.27. The van der Waals surface area contributed by atoms with E-state index in [9.17, 15) is 9.59 Å². The van der Waals surface area contributed by atoms with E-state index in [0.717, 1.165) is 0 Å². The van der Waals surface area contributed by atoms with Crippen LogP contribution < -0.4 is 0 Å². The first-order valence-electron chi connectivity index (χ1n) is 5.20. The van der Waals surface area contributed by atoms with Crippen molar-refractivity contribution in [2.45, 2.75) is 13.5 Å². The van der Waals surface area contributed by atoms with Gasteiger partial charge in [0.1, 0.15) is 11.4 Å². The van der Waals surface area contributed by atoms with E-state index in [0.29, 0.717) is 11.4 Å². The molecule has 0 aromatic carbocycles. The Balaban J connectivity index is 2.67. The van der Waals surface area contributed by atoms with Crippen molar-refractivity contribution < 1.29 is 23.7 Å². The number of hydrogen-bond donors (Lipinski definition) is 0. The van der Waals surface area contributed by atoms with Crippen LogP contribution in [0, 0.1) is 6.92 Å². The topological polar surface area (TPSA) is 94.8 Å². The van der Waals surface area contributed by atoms with Gasteiger partial charge in [0.25, 0.3) is 0 Å². The van der Waals surface area contributed by atoms with Gasteiger partial charge in [0, 0.05) is 6.54 Å². The van der Waals surface area contributed by atoms with Crippen LogP contribution in [0.5, 0.6) is 0 Å². The highest BCUT2D eigenvalue weighted by molar-refractivity contribution is 5.74. The third-order valence-electron chi connectivity index (χ3n) is 2.28. The fraction of sp³-hybridized carbons (Fsp3) is 0.600. The van der Waals surface area contributed by atoms with Gasteiger partial charge in [-0.05, 0) is 6.92 Å². The first-order valence-corrected chi connectivity index (χ1v) is 5.20. The molecule has 0 atom stereocenters. The van der Waals surface area contributed by atoms with Crippen molar-refractivity contribution in [2.24, 2.45) is 0 Å². The van der Waals surface area contributed by atoms with Gasteiger partial charge in [-0.1, -0.05) is 10.3 Å². The highest BCUT2D eigenvalue weighted by Crippen LogP contribution is 2.05. The van der Waals surface area contributed by atoms with Crippen LogP contribution in [0.4, 0.5) is 0 Å². The van der Waals surface area contributed by atoms with Crippen LogP contribution >= 0.6 is 0 Å². The van der Waals surface area contributed by atoms with Crippen molar-refractivity contribution in [3.8, 4) is 0 Å². The van der Waals surface area contributed by atoms with Gasteiger partial charge >= 0.3 is 11.9 Å². The number of rotatable bonds is 6. The maximum atomic E-state index is 11.2. The Hall–Kier alpha value is -1.96. The number of nitrogens with zero attached hydrogens (tertiary/aromatic N) is 3. The predicted octanol–water partition coefficient (Wildman–Crippen LogP) is -0.474. The number of methoxy groups -OCH3 is 2. The molecule has 0 N–H and O–H groups in total. The lowest BCUT2D eigenvalue weighted by atomic mass is 10.3. The van der Waals surface area contributed by atoms with Crippen molar-refractivity contribution >= 4 is 11.9 Å². The highest BCUT2D eigenvalue weighted by atomic mass is 16.6. The van der Waals surface area contributed by atoms with Gasteiger partial charge in [0.05, 0.1) is 27.3 Å². The Morgan fingerprint density at radius 2 is 1.72 bits per heavy atom. The van der Waals surface area contributed by atoms with Crippen molar-refractivity contribution in [3.05, 3.63) is 11.4 Å². The van der Waals surface area contributed by atoms with Gasteiger partial charge < -0.3 is 9.47 Å². The summed E-state index contributed by atoms with van der Waals surface area (Å²) >= 11 is 0. The van der Waals surface area contributed by atoms with Gasteiger partial charge in [-0.25, -0.2) is 4.63 Å². The minimum atomic E-state index is -0.451. The van der Waals surface area contributed by atoms with Gasteiger partial charge in [0.15, 0.2) is 0 Å². The van der Waals surface area contributed by atoms with Crippen LogP contribution in [-0.2, 0) is 25.6 Å². The van der Waals surface area contributed by atoms with E-state index >= 15 is 0 Å². The Morgan fingerprint density at radius 3 is 2.11 bits per heavy atom. The summed E-state index contributed by atoms with van der Waals surface area (Å²) in [5.41, 5.74) is 1.16. The first-order chi connectivity index (χ1) is 8.56. The van der Waals surface area contributed by atoms with Gasteiger partial charge in [-0.2, -0.15) is 0 Å². The minimum Gasteiger partial charge on any atom is -0.468 e. The molecule has 0 aliphatic heterocycles. The molecule has 1 heterocycles. The lowest BCUT2D eigenvalue weighted by Gasteiger charge is -2.18. The number of ether oxygens (including phenoxy) is 2. The maximum Gasteiger partial charge on any atom is 0.319 e. The Morgan fingerprint density at radius 1 is 1.17 bits per heavy atom. The number of aryl methyl sites for hydroxylation is 1. The van der Waals surface area contributed by atoms with Gasteiger partial charge in [-0.15, -0.1) is 0 Å². The zero-order chi connectivity index (χ0) is 13.5. The van der Waals surface area contributed by atoms with Gasteiger partial charge in [0.2, 0.25) is 0 Å². The Bertz CT molecular complexity index is 399. The summed E-state index contributed by atoms with van der Waals surface area (Å²) in [6.45, 7) is 1.88. The van der Waals surface area contributed by atoms with Crippen molar-refractivity contribution in [3.63, 3.8) is 0 Å². The zero-order valence-electron chi connectivity index (χ0n) is 10.5. The van der Waals surface area contributed by atoms with Crippen molar-refractivity contribution in [2.75, 3.05) is 27.3 Å². The third kappa shape index (κ3) is 4.13. The minimum absolute atomic E-state index is 0.0438. The molecular weight excluding hydrogens is 242 g/mol. The molecule has 0 bridgehead atoms. The average molecular weight is 257 g/mol. The molecule has 0 unspecified atom stereocenters. The molecule has 18 heavy (non-hydrogen) atoms. The molecule has 0 aliphatic carbocycles. The van der Waals surface area contributed by atoms with E-state index in [1.165, 1.54) is 19.1 Å². The Labute approximate surface area is 104 Å². The smallest absolute Gasteiger partial charge is 0.319 e. The third-order valence-corrected chi connectivity index (χ3v) is 2.28. The molecule has 0 aliphatic rings. The quantitative estimate of drug-likeness (QED) is 0.631. The number of hydrogen-bond acceptors (Lipinski definition) is 8. The Kier molecular flexibility index (Phi) is 5.25. The SMILES string of the molecule is COC(=O)CN(CC(=O)OC)Cc1nonc1C. The molecule has 0 fully saturated rings. The maximum absolute atomic E-state index is 11.2. The second-order valence-corrected chi connectivity index (χ2v) is 3.59. The summed E-state index contributed by atoms with van der Waals surface area (Å²) in [4.78, 5) is 24.0. The summed E-state index contributed by atoms with van der Waals surface area (Å²) in [5, 5.41) is 7.31. The highest BCUT2D eigenvalue weighted by Gasteiger charge is 2.18. The van der Waals surface area contributed by atoms with E-state index in [4.69, 9.17) is 0 Å². The van der Waals surface area contributed by atoms with E-state index < -0.39 is 11.9 Å². The summed E-state index contributed by atoms with van der Waals surface area (Å²) in [6.07, 6.45) is 0. The molecule has 100 valence electrons. The molecular formula is C10H15N3O5. The number of carbonyl (C=O) groups is 2. The molecule has 0 saturated carbocycles. The fourth-order valence-corrected chi connectivity index (χ4v) is 1.27. The molecule has 1 aromatic heterocycles. The first kappa shape index (κ1) is 14.1. The lowest BCUT2D eigenvalue weighted by molar-refractivity contribution is -0.145. The average Bonchev–Trinajstić information content (AvgIpc) is 2.74. The second kappa shape index (κ2) is 6.70. The van der Waals surface area contributed by atoms with E-state index in [1.54, 1.807) is 6.92 Å². The van der Waals surface area contributed by atoms with Crippen LogP contribution in [0.25, 0.3) is 0 Å². The molecule has 1 aromatic rings. The molecule has 8 nitrogen and oxygen atoms in total. The largest absolute Gasteiger partial charge is 0.468 e. The van der Waals surface area contributed by atoms with Crippen LogP contribution in [0.3, 0.4) is 0 Å². The van der Waals surface area contributed by atoms with Crippen LogP contribution in [-0.4, -0.2) is 54.5 Å². The zero-order valence-corrected chi connectivity index (χ0v) is 10.5. The normalized spacial score (nSPS) is 10.4. The summed E-state index contributed by atoms with van der Waals surface area (Å²) in [5.74, 6) is -0.902. The van der Waals surface area contributed by atoms with E-state index in [2.05, 4.69) is 24.4 Å². The van der Waals surface area contributed by atoms with Crippen LogP contribution in [0.15, 0.2) is 4.63 Å². The summed E-state index contributed by atoms with van der Waals surface area (Å²) in [7, 11) is 2.56. The van der Waals surface area contributed by atoms with Crippen LogP contribution in [0.2, 0.25) is 0 Å².